The van der Waals surface area contributed by atoms with Crippen LogP contribution in [0.15, 0.2) is 36.4 Å². The van der Waals surface area contributed by atoms with Crippen LogP contribution >= 0.6 is 11.6 Å². The predicted octanol–water partition coefficient (Wildman–Crippen LogP) is 3.45. The van der Waals surface area contributed by atoms with Gasteiger partial charge in [-0.15, -0.1) is 0 Å². The van der Waals surface area contributed by atoms with Crippen LogP contribution in [0.3, 0.4) is 0 Å². The molecular formula is C15H15ClSi. The molecule has 1 aliphatic rings. The van der Waals surface area contributed by atoms with E-state index >= 15 is 0 Å². The Balaban J connectivity index is 2.42. The van der Waals surface area contributed by atoms with Gasteiger partial charge in [-0.1, -0.05) is 54.5 Å². The first-order chi connectivity index (χ1) is 8.01. The normalized spacial score (nSPS) is 15.5. The van der Waals surface area contributed by atoms with Gasteiger partial charge in [0.25, 0.3) is 0 Å². The topological polar surface area (TPSA) is 0 Å². The number of fused-ring (bicyclic) bond motifs is 3. The fourth-order valence-electron chi connectivity index (χ4n) is 3.12. The van der Waals surface area contributed by atoms with Gasteiger partial charge in [0.15, 0.2) is 0 Å². The molecule has 2 heteroatoms. The zero-order valence-corrected chi connectivity index (χ0v) is 12.1. The van der Waals surface area contributed by atoms with Crippen LogP contribution in [0.1, 0.15) is 5.56 Å². The summed E-state index contributed by atoms with van der Waals surface area (Å²) in [6.45, 7) is 7.06. The lowest BCUT2D eigenvalue weighted by Crippen LogP contribution is -2.50. The fourth-order valence-corrected chi connectivity index (χ4v) is 7.03. The summed E-state index contributed by atoms with van der Waals surface area (Å²) in [5, 5.41) is 3.92. The van der Waals surface area contributed by atoms with Crippen molar-refractivity contribution >= 4 is 30.0 Å². The number of benzene rings is 2. The van der Waals surface area contributed by atoms with Crippen molar-refractivity contribution in [3.63, 3.8) is 0 Å². The summed E-state index contributed by atoms with van der Waals surface area (Å²) in [5.74, 6) is 0. The Morgan fingerprint density at radius 2 is 1.76 bits per heavy atom. The molecule has 0 saturated carbocycles. The molecule has 0 atom stereocenters. The summed E-state index contributed by atoms with van der Waals surface area (Å²) in [6.07, 6.45) is 0. The van der Waals surface area contributed by atoms with E-state index in [9.17, 15) is 0 Å². The van der Waals surface area contributed by atoms with Crippen molar-refractivity contribution in [2.75, 3.05) is 0 Å². The molecule has 0 spiro atoms. The van der Waals surface area contributed by atoms with Crippen LogP contribution in [-0.4, -0.2) is 8.07 Å². The zero-order valence-electron chi connectivity index (χ0n) is 10.3. The van der Waals surface area contributed by atoms with Crippen LogP contribution in [-0.2, 0) is 0 Å². The first kappa shape index (κ1) is 11.1. The number of rotatable bonds is 0. The third-order valence-electron chi connectivity index (χ3n) is 3.84. The molecule has 0 N–H and O–H groups in total. The first-order valence-electron chi connectivity index (χ1n) is 5.92. The number of hydrogen-bond donors (Lipinski definition) is 0. The molecular weight excluding hydrogens is 244 g/mol. The predicted molar refractivity (Wildman–Crippen MR) is 78.4 cm³/mol. The minimum Gasteiger partial charge on any atom is -0.0843 e. The quantitative estimate of drug-likeness (QED) is 0.635. The molecule has 0 bridgehead atoms. The summed E-state index contributed by atoms with van der Waals surface area (Å²) in [7, 11) is -1.54. The van der Waals surface area contributed by atoms with E-state index < -0.39 is 8.07 Å². The van der Waals surface area contributed by atoms with Gasteiger partial charge in [0.2, 0.25) is 0 Å². The average Bonchev–Trinajstić information content (AvgIpc) is 2.49. The summed E-state index contributed by atoms with van der Waals surface area (Å²) in [5.41, 5.74) is 4.24. The summed E-state index contributed by atoms with van der Waals surface area (Å²) in [4.78, 5) is 0. The van der Waals surface area contributed by atoms with Crippen molar-refractivity contribution in [2.24, 2.45) is 0 Å². The van der Waals surface area contributed by atoms with E-state index in [0.717, 1.165) is 5.02 Å². The minimum absolute atomic E-state index is 0.856. The standard InChI is InChI=1S/C15H15ClSi/c1-10-5-4-6-13-12-8-7-11(16)9-14(12)17(2,3)15(10)13/h4-9H,1-3H3. The third-order valence-corrected chi connectivity index (χ3v) is 7.75. The third kappa shape index (κ3) is 1.42. The Hall–Kier alpha value is -1.05. The molecule has 0 aromatic heterocycles. The van der Waals surface area contributed by atoms with Crippen molar-refractivity contribution in [3.05, 3.63) is 47.0 Å². The molecule has 17 heavy (non-hydrogen) atoms. The lowest BCUT2D eigenvalue weighted by atomic mass is 10.0. The lowest BCUT2D eigenvalue weighted by Gasteiger charge is -2.20. The van der Waals surface area contributed by atoms with Gasteiger partial charge in [-0.3, -0.25) is 0 Å². The van der Waals surface area contributed by atoms with Gasteiger partial charge >= 0.3 is 0 Å². The molecule has 2 aromatic carbocycles. The van der Waals surface area contributed by atoms with Gasteiger partial charge in [-0.2, -0.15) is 0 Å². The van der Waals surface area contributed by atoms with E-state index in [-0.39, 0.29) is 0 Å². The van der Waals surface area contributed by atoms with Crippen LogP contribution in [0, 0.1) is 6.92 Å². The van der Waals surface area contributed by atoms with Crippen molar-refractivity contribution in [1.82, 2.24) is 0 Å². The Labute approximate surface area is 108 Å². The highest BCUT2D eigenvalue weighted by Crippen LogP contribution is 2.30. The maximum Gasteiger partial charge on any atom is 0.114 e. The van der Waals surface area contributed by atoms with Gasteiger partial charge in [0, 0.05) is 5.02 Å². The molecule has 1 aliphatic heterocycles. The Morgan fingerprint density at radius 3 is 2.53 bits per heavy atom. The van der Waals surface area contributed by atoms with E-state index in [4.69, 9.17) is 11.6 Å². The van der Waals surface area contributed by atoms with Crippen molar-refractivity contribution in [2.45, 2.75) is 20.0 Å². The first-order valence-corrected chi connectivity index (χ1v) is 9.30. The van der Waals surface area contributed by atoms with Gasteiger partial charge < -0.3 is 0 Å². The summed E-state index contributed by atoms with van der Waals surface area (Å²) < 4.78 is 0. The van der Waals surface area contributed by atoms with E-state index in [0.29, 0.717) is 0 Å². The van der Waals surface area contributed by atoms with Gasteiger partial charge in [-0.25, -0.2) is 0 Å². The molecule has 0 unspecified atom stereocenters. The second kappa shape index (κ2) is 3.47. The highest BCUT2D eigenvalue weighted by Gasteiger charge is 2.38. The van der Waals surface area contributed by atoms with Crippen LogP contribution in [0.5, 0.6) is 0 Å². The second-order valence-corrected chi connectivity index (χ2v) is 10.0. The average molecular weight is 259 g/mol. The molecule has 0 amide bonds. The minimum atomic E-state index is -1.54. The number of halogens is 1. The van der Waals surface area contributed by atoms with Crippen LogP contribution in [0.2, 0.25) is 18.1 Å². The summed E-state index contributed by atoms with van der Waals surface area (Å²) >= 11 is 6.16. The molecule has 3 rings (SSSR count). The highest BCUT2D eigenvalue weighted by atomic mass is 35.5. The number of aryl methyl sites for hydroxylation is 1. The molecule has 0 nitrogen and oxygen atoms in total. The van der Waals surface area contributed by atoms with Gasteiger partial charge in [0.1, 0.15) is 8.07 Å². The maximum atomic E-state index is 6.16. The monoisotopic (exact) mass is 258 g/mol. The molecule has 2 aromatic rings. The van der Waals surface area contributed by atoms with Crippen molar-refractivity contribution < 1.29 is 0 Å². The van der Waals surface area contributed by atoms with Crippen molar-refractivity contribution in [1.29, 1.82) is 0 Å². The van der Waals surface area contributed by atoms with E-state index in [1.165, 1.54) is 21.9 Å². The molecule has 86 valence electrons. The molecule has 0 fully saturated rings. The van der Waals surface area contributed by atoms with Gasteiger partial charge in [0.05, 0.1) is 0 Å². The fraction of sp³-hybridized carbons (Fsp3) is 0.200. The maximum absolute atomic E-state index is 6.16. The Morgan fingerprint density at radius 1 is 1.00 bits per heavy atom. The lowest BCUT2D eigenvalue weighted by molar-refractivity contribution is 1.51. The summed E-state index contributed by atoms with van der Waals surface area (Å²) in [6, 6.07) is 13.0. The highest BCUT2D eigenvalue weighted by molar-refractivity contribution is 7.04. The van der Waals surface area contributed by atoms with Crippen LogP contribution < -0.4 is 10.4 Å². The molecule has 1 heterocycles. The zero-order chi connectivity index (χ0) is 12.2. The molecule has 0 saturated heterocycles. The van der Waals surface area contributed by atoms with Gasteiger partial charge in [-0.05, 0) is 40.6 Å². The van der Waals surface area contributed by atoms with Crippen molar-refractivity contribution in [3.8, 4) is 11.1 Å². The van der Waals surface area contributed by atoms with E-state index in [1.54, 1.807) is 5.19 Å². The van der Waals surface area contributed by atoms with Crippen LogP contribution in [0.4, 0.5) is 0 Å². The largest absolute Gasteiger partial charge is 0.114 e. The number of hydrogen-bond acceptors (Lipinski definition) is 0. The van der Waals surface area contributed by atoms with E-state index in [1.807, 2.05) is 6.07 Å². The smallest absolute Gasteiger partial charge is 0.0843 e. The van der Waals surface area contributed by atoms with E-state index in [2.05, 4.69) is 50.3 Å². The Bertz CT molecular complexity index is 614. The SMILES string of the molecule is Cc1cccc2c1[Si](C)(C)c1cc(Cl)ccc1-2. The van der Waals surface area contributed by atoms with Crippen LogP contribution in [0.25, 0.3) is 11.1 Å². The molecule has 0 radical (unpaired) electrons. The second-order valence-electron chi connectivity index (χ2n) is 5.31. The molecule has 0 aliphatic carbocycles. The Kier molecular flexibility index (Phi) is 2.26.